The molecule has 0 atom stereocenters. The summed E-state index contributed by atoms with van der Waals surface area (Å²) in [5.41, 5.74) is 5.18. The Hall–Kier alpha value is -1.43. The van der Waals surface area contributed by atoms with Crippen molar-refractivity contribution in [1.82, 2.24) is 10.3 Å². The molecule has 76 valence electrons. The zero-order valence-electron chi connectivity index (χ0n) is 7.26. The third-order valence-electron chi connectivity index (χ3n) is 1.95. The first-order valence-electron chi connectivity index (χ1n) is 4.15. The molecule has 14 heavy (non-hydrogen) atoms. The van der Waals surface area contributed by atoms with E-state index in [1.54, 1.807) is 0 Å². The fourth-order valence-corrected chi connectivity index (χ4v) is 1.05. The summed E-state index contributed by atoms with van der Waals surface area (Å²) in [4.78, 5) is 3.47. The Balaban J connectivity index is 2.19. The number of pyridine rings is 1. The highest BCUT2D eigenvalue weighted by Crippen LogP contribution is 2.20. The van der Waals surface area contributed by atoms with Crippen LogP contribution in [0.4, 0.5) is 14.6 Å². The molecule has 0 spiro atoms. The van der Waals surface area contributed by atoms with E-state index < -0.39 is 11.6 Å². The van der Waals surface area contributed by atoms with Gasteiger partial charge in [0.2, 0.25) is 0 Å². The Labute approximate surface area is 79.1 Å². The normalized spacial score (nSPS) is 16.4. The maximum absolute atomic E-state index is 13.0. The summed E-state index contributed by atoms with van der Waals surface area (Å²) in [7, 11) is 0. The van der Waals surface area contributed by atoms with E-state index in [2.05, 4.69) is 10.3 Å². The Morgan fingerprint density at radius 1 is 1.43 bits per heavy atom. The summed E-state index contributed by atoms with van der Waals surface area (Å²) in [6, 6.07) is 0.670. The minimum atomic E-state index is -0.874. The number of nitrogens with zero attached hydrogens (tertiary/aromatic N) is 1. The van der Waals surface area contributed by atoms with Crippen LogP contribution in [0.3, 0.4) is 0 Å². The first-order chi connectivity index (χ1) is 6.66. The van der Waals surface area contributed by atoms with Gasteiger partial charge in [0.15, 0.2) is 17.5 Å². The minimum absolute atomic E-state index is 0.109. The molecule has 0 saturated carbocycles. The third-order valence-corrected chi connectivity index (χ3v) is 1.95. The van der Waals surface area contributed by atoms with Gasteiger partial charge in [-0.05, 0) is 0 Å². The quantitative estimate of drug-likeness (QED) is 0.722. The van der Waals surface area contributed by atoms with Crippen LogP contribution in [0.1, 0.15) is 0 Å². The van der Waals surface area contributed by atoms with Gasteiger partial charge in [-0.1, -0.05) is 0 Å². The average Bonchev–Trinajstić information content (AvgIpc) is 2.06. The van der Waals surface area contributed by atoms with Crippen LogP contribution in [0.2, 0.25) is 0 Å². The second-order valence-corrected chi connectivity index (χ2v) is 3.04. The van der Waals surface area contributed by atoms with Crippen molar-refractivity contribution in [3.8, 4) is 5.88 Å². The number of nitrogens with one attached hydrogen (secondary N) is 1. The van der Waals surface area contributed by atoms with Gasteiger partial charge in [-0.15, -0.1) is 0 Å². The number of nitrogen functional groups attached to an aromatic ring is 1. The van der Waals surface area contributed by atoms with Gasteiger partial charge in [0.25, 0.3) is 5.88 Å². The molecule has 0 unspecified atom stereocenters. The van der Waals surface area contributed by atoms with Gasteiger partial charge in [0.1, 0.15) is 6.10 Å². The predicted molar refractivity (Wildman–Crippen MR) is 45.9 cm³/mol. The molecular formula is C8H9F2N3O. The van der Waals surface area contributed by atoms with Crippen LogP contribution in [0.25, 0.3) is 0 Å². The first kappa shape index (κ1) is 9.14. The Morgan fingerprint density at radius 2 is 2.14 bits per heavy atom. The molecule has 1 fully saturated rings. The molecule has 1 aromatic heterocycles. The summed E-state index contributed by atoms with van der Waals surface area (Å²) in [6.45, 7) is 1.27. The number of halogens is 2. The summed E-state index contributed by atoms with van der Waals surface area (Å²) in [5, 5.41) is 2.95. The number of rotatable bonds is 2. The molecule has 0 bridgehead atoms. The van der Waals surface area contributed by atoms with E-state index in [0.717, 1.165) is 0 Å². The van der Waals surface area contributed by atoms with Crippen molar-refractivity contribution in [3.63, 3.8) is 0 Å². The fraction of sp³-hybridized carbons (Fsp3) is 0.375. The lowest BCUT2D eigenvalue weighted by molar-refractivity contribution is 0.129. The molecule has 0 radical (unpaired) electrons. The van der Waals surface area contributed by atoms with Crippen LogP contribution in [0.5, 0.6) is 5.88 Å². The SMILES string of the molecule is Nc1nc(OC2CNC2)c(F)cc1F. The molecule has 1 aliphatic rings. The molecule has 2 heterocycles. The van der Waals surface area contributed by atoms with Crippen LogP contribution in [0.15, 0.2) is 6.07 Å². The molecule has 0 aliphatic carbocycles. The summed E-state index contributed by atoms with van der Waals surface area (Å²) in [5.74, 6) is -2.30. The van der Waals surface area contributed by atoms with Gasteiger partial charge in [0.05, 0.1) is 0 Å². The maximum atomic E-state index is 13.0. The number of anilines is 1. The van der Waals surface area contributed by atoms with Gasteiger partial charge in [-0.25, -0.2) is 8.78 Å². The lowest BCUT2D eigenvalue weighted by Crippen LogP contribution is -2.50. The highest BCUT2D eigenvalue weighted by Gasteiger charge is 2.21. The lowest BCUT2D eigenvalue weighted by atomic mass is 10.2. The van der Waals surface area contributed by atoms with Crippen molar-refractivity contribution in [2.45, 2.75) is 6.10 Å². The largest absolute Gasteiger partial charge is 0.470 e. The smallest absolute Gasteiger partial charge is 0.252 e. The molecule has 6 heteroatoms. The van der Waals surface area contributed by atoms with Gasteiger partial charge in [0, 0.05) is 19.2 Å². The van der Waals surface area contributed by atoms with Crippen LogP contribution in [-0.4, -0.2) is 24.2 Å². The molecule has 1 saturated heterocycles. The average molecular weight is 201 g/mol. The van der Waals surface area contributed by atoms with E-state index in [-0.39, 0.29) is 17.8 Å². The molecule has 2 rings (SSSR count). The number of nitrogens with two attached hydrogens (primary N) is 1. The number of hydrogen-bond acceptors (Lipinski definition) is 4. The van der Waals surface area contributed by atoms with Crippen molar-refractivity contribution >= 4 is 5.82 Å². The Kier molecular flexibility index (Phi) is 2.20. The Bertz CT molecular complexity index is 355. The number of ether oxygens (including phenoxy) is 1. The van der Waals surface area contributed by atoms with Crippen molar-refractivity contribution in [3.05, 3.63) is 17.7 Å². The molecule has 1 aromatic rings. The third kappa shape index (κ3) is 1.60. The van der Waals surface area contributed by atoms with Crippen molar-refractivity contribution < 1.29 is 13.5 Å². The van der Waals surface area contributed by atoms with E-state index in [1.165, 1.54) is 0 Å². The summed E-state index contributed by atoms with van der Waals surface area (Å²) < 4.78 is 30.9. The van der Waals surface area contributed by atoms with E-state index >= 15 is 0 Å². The van der Waals surface area contributed by atoms with Crippen LogP contribution >= 0.6 is 0 Å². The van der Waals surface area contributed by atoms with Gasteiger partial charge in [-0.3, -0.25) is 0 Å². The van der Waals surface area contributed by atoms with Crippen LogP contribution < -0.4 is 15.8 Å². The number of aromatic nitrogens is 1. The van der Waals surface area contributed by atoms with Gasteiger partial charge in [-0.2, -0.15) is 4.98 Å². The molecule has 0 aromatic carbocycles. The van der Waals surface area contributed by atoms with Crippen LogP contribution in [-0.2, 0) is 0 Å². The molecule has 1 aliphatic heterocycles. The topological polar surface area (TPSA) is 60.2 Å². The standard InChI is InChI=1S/C8H9F2N3O/c9-5-1-6(10)8(13-7(5)11)14-4-2-12-3-4/h1,4,12H,2-3H2,(H2,11,13). The fourth-order valence-electron chi connectivity index (χ4n) is 1.05. The van der Waals surface area contributed by atoms with Crippen molar-refractivity contribution in [2.75, 3.05) is 18.8 Å². The highest BCUT2D eigenvalue weighted by molar-refractivity contribution is 5.34. The summed E-state index contributed by atoms with van der Waals surface area (Å²) in [6.07, 6.45) is -0.109. The minimum Gasteiger partial charge on any atom is -0.470 e. The van der Waals surface area contributed by atoms with E-state index in [4.69, 9.17) is 10.5 Å². The first-order valence-corrected chi connectivity index (χ1v) is 4.15. The Morgan fingerprint density at radius 3 is 2.71 bits per heavy atom. The second kappa shape index (κ2) is 3.38. The van der Waals surface area contributed by atoms with Crippen molar-refractivity contribution in [2.24, 2.45) is 0 Å². The zero-order valence-corrected chi connectivity index (χ0v) is 7.26. The van der Waals surface area contributed by atoms with Crippen molar-refractivity contribution in [1.29, 1.82) is 0 Å². The van der Waals surface area contributed by atoms with Gasteiger partial charge < -0.3 is 15.8 Å². The molecule has 4 nitrogen and oxygen atoms in total. The number of hydrogen-bond donors (Lipinski definition) is 2. The van der Waals surface area contributed by atoms with Crippen LogP contribution in [0, 0.1) is 11.6 Å². The predicted octanol–water partition coefficient (Wildman–Crippen LogP) is 0.293. The molecule has 3 N–H and O–H groups in total. The lowest BCUT2D eigenvalue weighted by Gasteiger charge is -2.27. The highest BCUT2D eigenvalue weighted by atomic mass is 19.1. The molecule has 0 amide bonds. The summed E-state index contributed by atoms with van der Waals surface area (Å²) >= 11 is 0. The van der Waals surface area contributed by atoms with E-state index in [9.17, 15) is 8.78 Å². The zero-order chi connectivity index (χ0) is 10.1. The van der Waals surface area contributed by atoms with E-state index in [1.807, 2.05) is 0 Å². The maximum Gasteiger partial charge on any atom is 0.252 e. The van der Waals surface area contributed by atoms with E-state index in [0.29, 0.717) is 19.2 Å². The van der Waals surface area contributed by atoms with Gasteiger partial charge >= 0.3 is 0 Å². The second-order valence-electron chi connectivity index (χ2n) is 3.04. The monoisotopic (exact) mass is 201 g/mol. The molecular weight excluding hydrogens is 192 g/mol.